The molecule has 0 spiro atoms. The average molecular weight is 539 g/mol. The SMILES string of the molecule is CCn1c(CNC(=O)c2nc(Cl)c(N)nc2N)[n+](CC)c2ccc(CNC(=O)Cc3ncccc3O)cc21. The molecule has 0 unspecified atom stereocenters. The minimum absolute atomic E-state index is 0.0113. The molecule has 4 rings (SSSR count). The topological polar surface area (TPSA) is 178 Å². The van der Waals surface area contributed by atoms with Crippen LogP contribution >= 0.6 is 11.6 Å². The maximum Gasteiger partial charge on any atom is 0.277 e. The number of nitrogens with zero attached hydrogens (tertiary/aromatic N) is 5. The monoisotopic (exact) mass is 538 g/mol. The number of hydrogen-bond donors (Lipinski definition) is 5. The number of amides is 2. The van der Waals surface area contributed by atoms with E-state index in [4.69, 9.17) is 23.1 Å². The number of rotatable bonds is 9. The lowest BCUT2D eigenvalue weighted by Gasteiger charge is -2.08. The van der Waals surface area contributed by atoms with E-state index in [9.17, 15) is 14.7 Å². The number of nitrogens with two attached hydrogens (primary N) is 2. The second kappa shape index (κ2) is 11.3. The number of fused-ring (bicyclic) bond motifs is 1. The van der Waals surface area contributed by atoms with Gasteiger partial charge in [-0.25, -0.2) is 19.1 Å². The van der Waals surface area contributed by atoms with E-state index >= 15 is 0 Å². The van der Waals surface area contributed by atoms with E-state index in [-0.39, 0.29) is 47.1 Å². The van der Waals surface area contributed by atoms with Crippen LogP contribution in [0.25, 0.3) is 11.0 Å². The third-order valence-corrected chi connectivity index (χ3v) is 6.37. The van der Waals surface area contributed by atoms with Crippen molar-refractivity contribution in [1.82, 2.24) is 30.2 Å². The van der Waals surface area contributed by atoms with Crippen LogP contribution in [0.1, 0.15) is 41.4 Å². The summed E-state index contributed by atoms with van der Waals surface area (Å²) >= 11 is 5.92. The third kappa shape index (κ3) is 5.44. The quantitative estimate of drug-likeness (QED) is 0.199. The van der Waals surface area contributed by atoms with Gasteiger partial charge in [-0.15, -0.1) is 0 Å². The zero-order valence-electron chi connectivity index (χ0n) is 21.0. The highest BCUT2D eigenvalue weighted by Crippen LogP contribution is 2.20. The van der Waals surface area contributed by atoms with Crippen LogP contribution in [0.2, 0.25) is 5.15 Å². The van der Waals surface area contributed by atoms with Crippen molar-refractivity contribution < 1.29 is 19.3 Å². The van der Waals surface area contributed by atoms with E-state index in [1.165, 1.54) is 12.3 Å². The van der Waals surface area contributed by atoms with Gasteiger partial charge in [0.15, 0.2) is 33.5 Å². The fourth-order valence-corrected chi connectivity index (χ4v) is 4.40. The molecule has 7 N–H and O–H groups in total. The minimum Gasteiger partial charge on any atom is -0.506 e. The molecule has 0 atom stereocenters. The van der Waals surface area contributed by atoms with E-state index in [0.717, 1.165) is 22.4 Å². The summed E-state index contributed by atoms with van der Waals surface area (Å²) in [4.78, 5) is 37.1. The van der Waals surface area contributed by atoms with Gasteiger partial charge in [0.05, 0.1) is 25.2 Å². The number of anilines is 2. The predicted molar refractivity (Wildman–Crippen MR) is 142 cm³/mol. The molecule has 3 heterocycles. The summed E-state index contributed by atoms with van der Waals surface area (Å²) in [6.07, 6.45) is 1.51. The van der Waals surface area contributed by atoms with Crippen LogP contribution in [0, 0.1) is 0 Å². The van der Waals surface area contributed by atoms with Gasteiger partial charge in [-0.1, -0.05) is 17.7 Å². The average Bonchev–Trinajstić information content (AvgIpc) is 3.21. The highest BCUT2D eigenvalue weighted by atomic mass is 35.5. The van der Waals surface area contributed by atoms with Gasteiger partial charge in [-0.2, -0.15) is 0 Å². The number of carbonyl (C=O) groups is 2. The Morgan fingerprint density at radius 1 is 1.11 bits per heavy atom. The number of aryl methyl sites for hydroxylation is 2. The van der Waals surface area contributed by atoms with Gasteiger partial charge in [0.25, 0.3) is 11.7 Å². The molecule has 0 radical (unpaired) electrons. The van der Waals surface area contributed by atoms with Gasteiger partial charge < -0.3 is 27.2 Å². The Bertz CT molecular complexity index is 1520. The maximum absolute atomic E-state index is 12.8. The van der Waals surface area contributed by atoms with E-state index in [2.05, 4.69) is 34.7 Å². The van der Waals surface area contributed by atoms with E-state index in [0.29, 0.717) is 25.3 Å². The van der Waals surface area contributed by atoms with Crippen molar-refractivity contribution in [2.75, 3.05) is 11.5 Å². The van der Waals surface area contributed by atoms with Crippen molar-refractivity contribution in [1.29, 1.82) is 0 Å². The minimum atomic E-state index is -0.519. The number of hydrogen-bond acceptors (Lipinski definition) is 8. The Morgan fingerprint density at radius 2 is 1.89 bits per heavy atom. The van der Waals surface area contributed by atoms with Crippen LogP contribution in [0.15, 0.2) is 36.5 Å². The molecule has 0 bridgehead atoms. The number of carbonyl (C=O) groups excluding carboxylic acids is 2. The smallest absolute Gasteiger partial charge is 0.277 e. The van der Waals surface area contributed by atoms with Gasteiger partial charge in [-0.05, 0) is 43.7 Å². The highest BCUT2D eigenvalue weighted by molar-refractivity contribution is 6.31. The van der Waals surface area contributed by atoms with Gasteiger partial charge in [0.1, 0.15) is 12.3 Å². The molecular weight excluding hydrogens is 510 g/mol. The lowest BCUT2D eigenvalue weighted by molar-refractivity contribution is -0.676. The first kappa shape index (κ1) is 26.6. The zero-order valence-corrected chi connectivity index (χ0v) is 21.8. The third-order valence-electron chi connectivity index (χ3n) is 6.09. The van der Waals surface area contributed by atoms with Crippen molar-refractivity contribution in [2.24, 2.45) is 0 Å². The Balaban J connectivity index is 1.53. The Kier molecular flexibility index (Phi) is 7.91. The molecular formula is C25H29ClN9O3+. The molecule has 3 aromatic heterocycles. The van der Waals surface area contributed by atoms with Crippen molar-refractivity contribution in [3.63, 3.8) is 0 Å². The molecule has 0 aliphatic rings. The molecule has 198 valence electrons. The van der Waals surface area contributed by atoms with Crippen LogP contribution in [0.5, 0.6) is 5.75 Å². The van der Waals surface area contributed by atoms with E-state index < -0.39 is 5.91 Å². The number of pyridine rings is 1. The number of imidazole rings is 1. The van der Waals surface area contributed by atoms with Gasteiger partial charge in [0, 0.05) is 12.7 Å². The standard InChI is InChI=1S/C25H28ClN9O3/c1-3-34-16-8-7-14(12-30-19(37)11-15-18(36)6-5-9-29-15)10-17(16)35(4-2)20(34)13-31-25(38)21-23(27)33-24(28)22(26)32-21/h5-10H,3-4,11-13H2,1-2H3,(H6-,27,28,30,31,33,36,37,38)/p+1. The number of aromatic nitrogens is 5. The summed E-state index contributed by atoms with van der Waals surface area (Å²) in [5, 5.41) is 15.5. The molecule has 2 amide bonds. The number of benzene rings is 1. The van der Waals surface area contributed by atoms with Gasteiger partial charge in [0.2, 0.25) is 5.91 Å². The first-order valence-electron chi connectivity index (χ1n) is 12.0. The summed E-state index contributed by atoms with van der Waals surface area (Å²) in [7, 11) is 0. The number of nitrogen functional groups attached to an aromatic ring is 2. The van der Waals surface area contributed by atoms with Crippen LogP contribution < -0.4 is 26.7 Å². The Labute approximate surface area is 223 Å². The number of nitrogens with one attached hydrogen (secondary N) is 2. The predicted octanol–water partition coefficient (Wildman–Crippen LogP) is 1.47. The molecule has 1 aromatic carbocycles. The van der Waals surface area contributed by atoms with Crippen molar-refractivity contribution in [3.05, 3.63) is 64.5 Å². The normalized spacial score (nSPS) is 11.0. The largest absolute Gasteiger partial charge is 0.506 e. The summed E-state index contributed by atoms with van der Waals surface area (Å²) in [6.45, 7) is 5.88. The lowest BCUT2D eigenvalue weighted by Crippen LogP contribution is -2.40. The molecule has 0 aliphatic carbocycles. The van der Waals surface area contributed by atoms with Crippen LogP contribution in [0.4, 0.5) is 11.6 Å². The Morgan fingerprint density at radius 3 is 2.61 bits per heavy atom. The highest BCUT2D eigenvalue weighted by Gasteiger charge is 2.25. The summed E-state index contributed by atoms with van der Waals surface area (Å²) in [5.41, 5.74) is 14.5. The molecule has 0 fully saturated rings. The first-order valence-corrected chi connectivity index (χ1v) is 12.4. The fourth-order valence-electron chi connectivity index (χ4n) is 4.28. The molecule has 13 heteroatoms. The second-order valence-corrected chi connectivity index (χ2v) is 8.82. The second-order valence-electron chi connectivity index (χ2n) is 8.47. The number of aromatic hydroxyl groups is 1. The lowest BCUT2D eigenvalue weighted by atomic mass is 10.2. The number of halogens is 1. The Hall–Kier alpha value is -4.45. The fraction of sp³-hybridized carbons (Fsp3) is 0.280. The van der Waals surface area contributed by atoms with Gasteiger partial charge >= 0.3 is 0 Å². The zero-order chi connectivity index (χ0) is 27.4. The van der Waals surface area contributed by atoms with Gasteiger partial charge in [-0.3, -0.25) is 14.6 Å². The van der Waals surface area contributed by atoms with Crippen LogP contribution in [-0.2, 0) is 37.4 Å². The molecule has 38 heavy (non-hydrogen) atoms. The first-order chi connectivity index (χ1) is 18.2. The maximum atomic E-state index is 12.8. The van der Waals surface area contributed by atoms with Crippen LogP contribution in [-0.4, -0.2) is 36.4 Å². The van der Waals surface area contributed by atoms with E-state index in [1.807, 2.05) is 32.0 Å². The summed E-state index contributed by atoms with van der Waals surface area (Å²) in [6, 6.07) is 9.05. The van der Waals surface area contributed by atoms with Crippen molar-refractivity contribution >= 4 is 46.1 Å². The van der Waals surface area contributed by atoms with Crippen LogP contribution in [0.3, 0.4) is 0 Å². The van der Waals surface area contributed by atoms with Crippen molar-refractivity contribution in [3.8, 4) is 5.75 Å². The molecule has 0 saturated carbocycles. The summed E-state index contributed by atoms with van der Waals surface area (Å²) < 4.78 is 4.21. The molecule has 0 saturated heterocycles. The van der Waals surface area contributed by atoms with E-state index in [1.54, 1.807) is 6.07 Å². The van der Waals surface area contributed by atoms with Crippen molar-refractivity contribution in [2.45, 2.75) is 46.4 Å². The summed E-state index contributed by atoms with van der Waals surface area (Å²) in [5.74, 6) is -0.0516. The molecule has 4 aromatic rings. The molecule has 12 nitrogen and oxygen atoms in total. The molecule has 0 aliphatic heterocycles.